The highest BCUT2D eigenvalue weighted by Crippen LogP contribution is 2.49. The number of rotatable bonds is 1. The third-order valence-electron chi connectivity index (χ3n) is 6.26. The number of hydrogen-bond donors (Lipinski definition) is 0. The van der Waals surface area contributed by atoms with Crippen LogP contribution in [0.4, 0.5) is 0 Å². The summed E-state index contributed by atoms with van der Waals surface area (Å²) in [5.74, 6) is 0.579. The fraction of sp³-hybridized carbons (Fsp3) is 0.231. The summed E-state index contributed by atoms with van der Waals surface area (Å²) < 4.78 is 1.31. The molecule has 0 spiro atoms. The molecule has 0 N–H and O–H groups in total. The van der Waals surface area contributed by atoms with Crippen molar-refractivity contribution in [2.45, 2.75) is 32.6 Å². The molecule has 0 nitrogen and oxygen atoms in total. The summed E-state index contributed by atoms with van der Waals surface area (Å²) >= 11 is 2.43. The molecular formula is C26H23I. The molecule has 3 aromatic carbocycles. The summed E-state index contributed by atoms with van der Waals surface area (Å²) in [7, 11) is 0. The first-order valence-electron chi connectivity index (χ1n) is 9.70. The van der Waals surface area contributed by atoms with E-state index in [-0.39, 0.29) is 5.41 Å². The van der Waals surface area contributed by atoms with E-state index < -0.39 is 0 Å². The average molecular weight is 462 g/mol. The van der Waals surface area contributed by atoms with E-state index in [0.29, 0.717) is 5.92 Å². The van der Waals surface area contributed by atoms with Crippen molar-refractivity contribution >= 4 is 34.2 Å². The molecule has 3 aromatic rings. The minimum absolute atomic E-state index is 0.0499. The smallest absolute Gasteiger partial charge is 0.0159 e. The van der Waals surface area contributed by atoms with Crippen molar-refractivity contribution in [1.29, 1.82) is 0 Å². The van der Waals surface area contributed by atoms with Gasteiger partial charge in [-0.1, -0.05) is 69.3 Å². The highest BCUT2D eigenvalue weighted by atomic mass is 127. The standard InChI is InChI=1S/C26H23I/c1-16-12-17-6-4-5-7-20(17)23(13-16)18-8-10-21-22-11-9-19(27)15-25(22)26(2,3)24(21)14-18/h4-12,14-16H,13H2,1-3H3. The second-order valence-corrected chi connectivity index (χ2v) is 9.73. The van der Waals surface area contributed by atoms with E-state index in [9.17, 15) is 0 Å². The maximum absolute atomic E-state index is 2.46. The Labute approximate surface area is 174 Å². The Morgan fingerprint density at radius 1 is 0.889 bits per heavy atom. The van der Waals surface area contributed by atoms with Gasteiger partial charge in [-0.2, -0.15) is 0 Å². The van der Waals surface area contributed by atoms with Gasteiger partial charge in [0.05, 0.1) is 0 Å². The number of halogens is 1. The molecule has 2 aliphatic rings. The second-order valence-electron chi connectivity index (χ2n) is 8.49. The predicted octanol–water partition coefficient (Wildman–Crippen LogP) is 5.62. The minimum Gasteiger partial charge on any atom is -0.0735 e. The lowest BCUT2D eigenvalue weighted by atomic mass is 9.80. The Kier molecular flexibility index (Phi) is 3.87. The molecule has 1 heteroatoms. The fourth-order valence-electron chi connectivity index (χ4n) is 4.89. The average Bonchev–Trinajstić information content (AvgIpc) is 2.88. The van der Waals surface area contributed by atoms with Gasteiger partial charge in [-0.05, 0) is 97.0 Å². The van der Waals surface area contributed by atoms with Crippen LogP contribution in [-0.2, 0) is 5.41 Å². The van der Waals surface area contributed by atoms with Gasteiger partial charge in [0.15, 0.2) is 0 Å². The Balaban J connectivity index is 1.75. The Bertz CT molecular complexity index is 1200. The van der Waals surface area contributed by atoms with Crippen LogP contribution >= 0.6 is 22.6 Å². The second kappa shape index (κ2) is 6.07. The van der Waals surface area contributed by atoms with E-state index in [1.54, 1.807) is 0 Å². The maximum atomic E-state index is 2.46. The third kappa shape index (κ3) is 2.62. The Hall–Kier alpha value is -1.87. The van der Waals surface area contributed by atoms with Gasteiger partial charge in [0.1, 0.15) is 0 Å². The van der Waals surface area contributed by atoms with Gasteiger partial charge >= 0.3 is 0 Å². The van der Waals surface area contributed by atoms with Crippen molar-refractivity contribution in [3.05, 3.63) is 91.4 Å². The van der Waals surface area contributed by atoms with Crippen molar-refractivity contribution in [2.75, 3.05) is 0 Å². The van der Waals surface area contributed by atoms with Gasteiger partial charge < -0.3 is 0 Å². The number of benzene rings is 3. The third-order valence-corrected chi connectivity index (χ3v) is 6.93. The molecule has 27 heavy (non-hydrogen) atoms. The molecule has 0 aliphatic heterocycles. The van der Waals surface area contributed by atoms with E-state index >= 15 is 0 Å². The first-order chi connectivity index (χ1) is 12.9. The highest BCUT2D eigenvalue weighted by Gasteiger charge is 2.35. The van der Waals surface area contributed by atoms with Crippen LogP contribution in [0.25, 0.3) is 22.8 Å². The largest absolute Gasteiger partial charge is 0.0735 e. The van der Waals surface area contributed by atoms with Crippen LogP contribution in [0.2, 0.25) is 0 Å². The van der Waals surface area contributed by atoms with E-state index in [1.807, 2.05) is 0 Å². The van der Waals surface area contributed by atoms with Gasteiger partial charge in [0, 0.05) is 8.99 Å². The van der Waals surface area contributed by atoms with Crippen molar-refractivity contribution in [3.8, 4) is 11.1 Å². The first-order valence-corrected chi connectivity index (χ1v) is 10.8. The summed E-state index contributed by atoms with van der Waals surface area (Å²) in [5.41, 5.74) is 8.65. The van der Waals surface area contributed by atoms with Crippen molar-refractivity contribution in [2.24, 2.45) is 5.92 Å². The van der Waals surface area contributed by atoms with E-state index in [0.717, 1.165) is 6.42 Å². The minimum atomic E-state index is 0.0499. The predicted molar refractivity (Wildman–Crippen MR) is 123 cm³/mol. The van der Waals surface area contributed by atoms with E-state index in [4.69, 9.17) is 0 Å². The maximum Gasteiger partial charge on any atom is 0.0159 e. The molecule has 134 valence electrons. The highest BCUT2D eigenvalue weighted by molar-refractivity contribution is 14.1. The summed E-state index contributed by atoms with van der Waals surface area (Å²) in [4.78, 5) is 0. The number of hydrogen-bond acceptors (Lipinski definition) is 0. The molecule has 0 fully saturated rings. The first kappa shape index (κ1) is 17.2. The topological polar surface area (TPSA) is 0 Å². The lowest BCUT2D eigenvalue weighted by Gasteiger charge is -2.23. The van der Waals surface area contributed by atoms with Crippen molar-refractivity contribution < 1.29 is 0 Å². The summed E-state index contributed by atoms with van der Waals surface area (Å²) in [6, 6.07) is 22.9. The summed E-state index contributed by atoms with van der Waals surface area (Å²) in [6.45, 7) is 7.06. The van der Waals surface area contributed by atoms with Crippen LogP contribution in [0.3, 0.4) is 0 Å². The summed E-state index contributed by atoms with van der Waals surface area (Å²) in [5, 5.41) is 2.78. The molecule has 2 aliphatic carbocycles. The molecule has 0 aromatic heterocycles. The lowest BCUT2D eigenvalue weighted by Crippen LogP contribution is -2.31. The fourth-order valence-corrected chi connectivity index (χ4v) is 5.38. The Morgan fingerprint density at radius 2 is 1.59 bits per heavy atom. The zero-order chi connectivity index (χ0) is 18.8. The van der Waals surface area contributed by atoms with E-state index in [2.05, 4.69) is 110 Å². The van der Waals surface area contributed by atoms with Crippen molar-refractivity contribution in [3.63, 3.8) is 0 Å². The quantitative estimate of drug-likeness (QED) is 0.412. The molecule has 0 radical (unpaired) electrons. The van der Waals surface area contributed by atoms with Crippen molar-refractivity contribution in [1.82, 2.24) is 0 Å². The van der Waals surface area contributed by atoms with Crippen LogP contribution in [0.1, 0.15) is 43.9 Å². The number of fused-ring (bicyclic) bond motifs is 4. The molecule has 0 amide bonds. The van der Waals surface area contributed by atoms with Crippen LogP contribution in [0.5, 0.6) is 0 Å². The molecule has 0 heterocycles. The van der Waals surface area contributed by atoms with Crippen LogP contribution in [0, 0.1) is 9.49 Å². The van der Waals surface area contributed by atoms with Gasteiger partial charge in [0.25, 0.3) is 0 Å². The molecule has 1 unspecified atom stereocenters. The van der Waals surface area contributed by atoms with E-state index in [1.165, 1.54) is 47.4 Å². The van der Waals surface area contributed by atoms with Crippen LogP contribution in [-0.4, -0.2) is 0 Å². The Morgan fingerprint density at radius 3 is 2.41 bits per heavy atom. The zero-order valence-electron chi connectivity index (χ0n) is 16.0. The summed E-state index contributed by atoms with van der Waals surface area (Å²) in [6.07, 6.45) is 3.52. The molecule has 1 atom stereocenters. The van der Waals surface area contributed by atoms with Crippen LogP contribution < -0.4 is 10.4 Å². The molecular weight excluding hydrogens is 439 g/mol. The zero-order valence-corrected chi connectivity index (χ0v) is 18.2. The van der Waals surface area contributed by atoms with Gasteiger partial charge in [0.2, 0.25) is 0 Å². The molecule has 0 saturated heterocycles. The van der Waals surface area contributed by atoms with Gasteiger partial charge in [-0.25, -0.2) is 0 Å². The SMILES string of the molecule is CC1C=c2ccccc2=C(c2ccc3c(c2)C(C)(C)c2cc(I)ccc2-3)C1. The van der Waals surface area contributed by atoms with Gasteiger partial charge in [-0.15, -0.1) is 0 Å². The van der Waals surface area contributed by atoms with Gasteiger partial charge in [-0.3, -0.25) is 0 Å². The van der Waals surface area contributed by atoms with Crippen LogP contribution in [0.15, 0.2) is 60.7 Å². The molecule has 0 bridgehead atoms. The molecule has 5 rings (SSSR count). The normalized spacial score (nSPS) is 19.1. The monoisotopic (exact) mass is 462 g/mol. The molecule has 0 saturated carbocycles. The lowest BCUT2D eigenvalue weighted by molar-refractivity contribution is 0.659.